The second-order valence-corrected chi connectivity index (χ2v) is 4.30. The van der Waals surface area contributed by atoms with Crippen LogP contribution in [0.5, 0.6) is 0 Å². The summed E-state index contributed by atoms with van der Waals surface area (Å²) >= 11 is 0. The molecule has 0 aliphatic carbocycles. The van der Waals surface area contributed by atoms with Gasteiger partial charge < -0.3 is 20.3 Å². The van der Waals surface area contributed by atoms with Crippen molar-refractivity contribution in [1.82, 2.24) is 19.7 Å². The standard InChI is InChI=1S/C11H12N6O2/c12-8-3-7(11(18)19)4-13-10(8)16-1-2-17-6-14-15-9(17)5-16/h3-4,6H,1-2,5,12H2,(H,18,19). The van der Waals surface area contributed by atoms with Gasteiger partial charge in [0.15, 0.2) is 11.6 Å². The van der Waals surface area contributed by atoms with Crippen LogP contribution in [-0.2, 0) is 13.1 Å². The summed E-state index contributed by atoms with van der Waals surface area (Å²) in [6.45, 7) is 2.04. The van der Waals surface area contributed by atoms with Gasteiger partial charge in [0.2, 0.25) is 0 Å². The minimum atomic E-state index is -1.04. The topological polar surface area (TPSA) is 110 Å². The minimum Gasteiger partial charge on any atom is -0.478 e. The summed E-state index contributed by atoms with van der Waals surface area (Å²) in [5, 5.41) is 16.7. The van der Waals surface area contributed by atoms with Gasteiger partial charge >= 0.3 is 5.97 Å². The summed E-state index contributed by atoms with van der Waals surface area (Å²) in [7, 11) is 0. The van der Waals surface area contributed by atoms with Gasteiger partial charge in [-0.25, -0.2) is 9.78 Å². The molecule has 0 radical (unpaired) electrons. The number of nitrogens with two attached hydrogens (primary N) is 1. The van der Waals surface area contributed by atoms with E-state index < -0.39 is 5.97 Å². The number of carboxylic acids is 1. The molecule has 8 heteroatoms. The zero-order valence-corrected chi connectivity index (χ0v) is 10.0. The number of aromatic nitrogens is 4. The number of nitrogen functional groups attached to an aromatic ring is 1. The Bertz CT molecular complexity index is 638. The highest BCUT2D eigenvalue weighted by Crippen LogP contribution is 2.24. The second kappa shape index (κ2) is 4.23. The number of hydrogen-bond acceptors (Lipinski definition) is 6. The Morgan fingerprint density at radius 1 is 1.42 bits per heavy atom. The maximum Gasteiger partial charge on any atom is 0.337 e. The normalized spacial score (nSPS) is 14.2. The van der Waals surface area contributed by atoms with Crippen LogP contribution in [-0.4, -0.2) is 37.4 Å². The van der Waals surface area contributed by atoms with Crippen LogP contribution in [0.25, 0.3) is 0 Å². The molecule has 0 amide bonds. The van der Waals surface area contributed by atoms with Gasteiger partial charge in [-0.05, 0) is 6.07 Å². The van der Waals surface area contributed by atoms with Gasteiger partial charge in [0.25, 0.3) is 0 Å². The lowest BCUT2D eigenvalue weighted by Gasteiger charge is -2.28. The van der Waals surface area contributed by atoms with Crippen LogP contribution >= 0.6 is 0 Å². The van der Waals surface area contributed by atoms with E-state index in [2.05, 4.69) is 15.2 Å². The Hall–Kier alpha value is -2.64. The van der Waals surface area contributed by atoms with E-state index in [1.54, 1.807) is 6.33 Å². The Morgan fingerprint density at radius 2 is 2.26 bits per heavy atom. The molecule has 0 unspecified atom stereocenters. The fraction of sp³-hybridized carbons (Fsp3) is 0.273. The van der Waals surface area contributed by atoms with Crippen molar-refractivity contribution in [3.63, 3.8) is 0 Å². The van der Waals surface area contributed by atoms with Crippen LogP contribution in [0.3, 0.4) is 0 Å². The summed E-state index contributed by atoms with van der Waals surface area (Å²) < 4.78 is 1.97. The number of nitrogens with zero attached hydrogens (tertiary/aromatic N) is 5. The SMILES string of the molecule is Nc1cc(C(=O)O)cnc1N1CCn2cnnc2C1. The van der Waals surface area contributed by atoms with Gasteiger partial charge in [0, 0.05) is 19.3 Å². The van der Waals surface area contributed by atoms with Crippen LogP contribution in [0.2, 0.25) is 0 Å². The molecule has 1 aliphatic rings. The number of aromatic carboxylic acids is 1. The predicted octanol–water partition coefficient (Wildman–Crippen LogP) is -0.0263. The summed E-state index contributed by atoms with van der Waals surface area (Å²) in [5.41, 5.74) is 6.31. The zero-order valence-electron chi connectivity index (χ0n) is 10.0. The molecule has 0 fully saturated rings. The summed E-state index contributed by atoms with van der Waals surface area (Å²) in [5.74, 6) is 0.387. The maximum atomic E-state index is 10.8. The van der Waals surface area contributed by atoms with Crippen molar-refractivity contribution < 1.29 is 9.90 Å². The molecule has 0 saturated heterocycles. The van der Waals surface area contributed by atoms with Crippen LogP contribution < -0.4 is 10.6 Å². The summed E-state index contributed by atoms with van der Waals surface area (Å²) in [6.07, 6.45) is 3.00. The van der Waals surface area contributed by atoms with E-state index in [9.17, 15) is 4.79 Å². The van der Waals surface area contributed by atoms with Crippen LogP contribution in [0, 0.1) is 0 Å². The quantitative estimate of drug-likeness (QED) is 0.780. The van der Waals surface area contributed by atoms with Crippen LogP contribution in [0.4, 0.5) is 11.5 Å². The first-order valence-electron chi connectivity index (χ1n) is 5.75. The molecule has 19 heavy (non-hydrogen) atoms. The van der Waals surface area contributed by atoms with E-state index in [0.29, 0.717) is 18.1 Å². The van der Waals surface area contributed by atoms with Crippen LogP contribution in [0.1, 0.15) is 16.2 Å². The Balaban J connectivity index is 1.90. The molecule has 8 nitrogen and oxygen atoms in total. The average molecular weight is 260 g/mol. The van der Waals surface area contributed by atoms with E-state index in [0.717, 1.165) is 18.9 Å². The Labute approximate surface area is 108 Å². The fourth-order valence-electron chi connectivity index (χ4n) is 2.10. The lowest BCUT2D eigenvalue weighted by Crippen LogP contribution is -2.34. The van der Waals surface area contributed by atoms with Gasteiger partial charge in [-0.3, -0.25) is 0 Å². The first-order valence-corrected chi connectivity index (χ1v) is 5.75. The van der Waals surface area contributed by atoms with Gasteiger partial charge in [0.05, 0.1) is 17.8 Å². The highest BCUT2D eigenvalue weighted by molar-refractivity contribution is 5.89. The number of pyridine rings is 1. The van der Waals surface area contributed by atoms with Crippen LogP contribution in [0.15, 0.2) is 18.6 Å². The monoisotopic (exact) mass is 260 g/mol. The molecule has 98 valence electrons. The molecule has 2 aromatic heterocycles. The predicted molar refractivity (Wildman–Crippen MR) is 66.7 cm³/mol. The molecule has 3 rings (SSSR count). The highest BCUT2D eigenvalue weighted by Gasteiger charge is 2.21. The third-order valence-electron chi connectivity index (χ3n) is 3.08. The number of carbonyl (C=O) groups is 1. The molecular weight excluding hydrogens is 248 g/mol. The third kappa shape index (κ3) is 1.96. The third-order valence-corrected chi connectivity index (χ3v) is 3.08. The molecule has 0 bridgehead atoms. The second-order valence-electron chi connectivity index (χ2n) is 4.30. The first-order chi connectivity index (χ1) is 9.15. The lowest BCUT2D eigenvalue weighted by molar-refractivity contribution is 0.0696. The largest absolute Gasteiger partial charge is 0.478 e. The van der Waals surface area contributed by atoms with Gasteiger partial charge in [-0.1, -0.05) is 0 Å². The van der Waals surface area contributed by atoms with E-state index in [1.807, 2.05) is 9.47 Å². The van der Waals surface area contributed by atoms with Gasteiger partial charge in [-0.2, -0.15) is 0 Å². The number of hydrogen-bond donors (Lipinski definition) is 2. The fourth-order valence-corrected chi connectivity index (χ4v) is 2.10. The minimum absolute atomic E-state index is 0.0847. The zero-order chi connectivity index (χ0) is 13.4. The Kier molecular flexibility index (Phi) is 2.55. The highest BCUT2D eigenvalue weighted by atomic mass is 16.4. The van der Waals surface area contributed by atoms with E-state index in [4.69, 9.17) is 10.8 Å². The number of carboxylic acid groups (broad SMARTS) is 1. The molecule has 0 atom stereocenters. The average Bonchev–Trinajstić information content (AvgIpc) is 2.85. The summed E-state index contributed by atoms with van der Waals surface area (Å²) in [6, 6.07) is 1.42. The number of rotatable bonds is 2. The molecule has 3 N–H and O–H groups in total. The number of fused-ring (bicyclic) bond motifs is 1. The van der Waals surface area contributed by atoms with E-state index in [1.165, 1.54) is 12.3 Å². The van der Waals surface area contributed by atoms with Crippen molar-refractivity contribution >= 4 is 17.5 Å². The van der Waals surface area contributed by atoms with Gasteiger partial charge in [0.1, 0.15) is 6.33 Å². The van der Waals surface area contributed by atoms with Crippen molar-refractivity contribution in [2.45, 2.75) is 13.1 Å². The van der Waals surface area contributed by atoms with Crippen molar-refractivity contribution in [2.75, 3.05) is 17.2 Å². The molecular formula is C11H12N6O2. The first kappa shape index (κ1) is 11.5. The van der Waals surface area contributed by atoms with Gasteiger partial charge in [-0.15, -0.1) is 10.2 Å². The molecule has 0 saturated carbocycles. The Morgan fingerprint density at radius 3 is 3.00 bits per heavy atom. The lowest BCUT2D eigenvalue weighted by atomic mass is 10.2. The summed E-state index contributed by atoms with van der Waals surface area (Å²) in [4.78, 5) is 16.9. The van der Waals surface area contributed by atoms with Crippen molar-refractivity contribution in [3.05, 3.63) is 30.0 Å². The van der Waals surface area contributed by atoms with Crippen molar-refractivity contribution in [3.8, 4) is 0 Å². The smallest absolute Gasteiger partial charge is 0.337 e. The number of anilines is 2. The molecule has 0 aromatic carbocycles. The van der Waals surface area contributed by atoms with Crippen molar-refractivity contribution in [1.29, 1.82) is 0 Å². The van der Waals surface area contributed by atoms with Crippen molar-refractivity contribution in [2.24, 2.45) is 0 Å². The molecule has 3 heterocycles. The molecule has 0 spiro atoms. The molecule has 2 aromatic rings. The van der Waals surface area contributed by atoms with E-state index >= 15 is 0 Å². The molecule has 1 aliphatic heterocycles. The van der Waals surface area contributed by atoms with E-state index in [-0.39, 0.29) is 5.56 Å². The maximum absolute atomic E-state index is 10.8.